The van der Waals surface area contributed by atoms with Gasteiger partial charge in [-0.15, -0.1) is 0 Å². The second-order valence-electron chi connectivity index (χ2n) is 5.02. The van der Waals surface area contributed by atoms with Crippen molar-refractivity contribution in [2.75, 3.05) is 7.11 Å². The molecule has 2 unspecified atom stereocenters. The normalized spacial score (nSPS) is 26.7. The number of allylic oxidation sites excluding steroid dienone is 3. The number of hydrogen-bond acceptors (Lipinski definition) is 6. The Labute approximate surface area is 128 Å². The zero-order chi connectivity index (χ0) is 16.3. The minimum Gasteiger partial charge on any atom is -0.493 e. The molecule has 0 bridgehead atoms. The molecule has 0 fully saturated rings. The number of carboxylic acids is 1. The van der Waals surface area contributed by atoms with Crippen molar-refractivity contribution in [2.24, 2.45) is 4.99 Å². The molecule has 22 heavy (non-hydrogen) atoms. The number of nitriles is 1. The predicted octanol–water partition coefficient (Wildman–Crippen LogP) is 1.41. The summed E-state index contributed by atoms with van der Waals surface area (Å²) in [6.45, 7) is 3.46. The largest absolute Gasteiger partial charge is 0.493 e. The van der Waals surface area contributed by atoms with E-state index in [0.29, 0.717) is 11.6 Å². The van der Waals surface area contributed by atoms with E-state index in [0.717, 1.165) is 0 Å². The minimum atomic E-state index is -1.83. The van der Waals surface area contributed by atoms with Crippen molar-refractivity contribution in [2.45, 2.75) is 31.7 Å². The Hall–Kier alpha value is -2.59. The van der Waals surface area contributed by atoms with Gasteiger partial charge in [0.05, 0.1) is 19.3 Å². The SMILES string of the molecule is COC1=CC=CN2C1=NC(OC(C)C)(C(=O)O)C2C=CC#N. The molecule has 1 N–H and O–H groups in total. The molecule has 0 spiro atoms. The fourth-order valence-electron chi connectivity index (χ4n) is 2.44. The van der Waals surface area contributed by atoms with Crippen LogP contribution >= 0.6 is 0 Å². The Morgan fingerprint density at radius 3 is 2.91 bits per heavy atom. The van der Waals surface area contributed by atoms with Gasteiger partial charge in [-0.05, 0) is 32.1 Å². The molecule has 0 aromatic rings. The van der Waals surface area contributed by atoms with Crippen molar-refractivity contribution in [1.82, 2.24) is 4.90 Å². The van der Waals surface area contributed by atoms with Gasteiger partial charge in [0, 0.05) is 12.3 Å². The van der Waals surface area contributed by atoms with Gasteiger partial charge in [0.15, 0.2) is 11.6 Å². The third-order valence-corrected chi connectivity index (χ3v) is 3.23. The lowest BCUT2D eigenvalue weighted by molar-refractivity contribution is -0.173. The third-order valence-electron chi connectivity index (χ3n) is 3.23. The van der Waals surface area contributed by atoms with Crippen LogP contribution < -0.4 is 0 Å². The summed E-state index contributed by atoms with van der Waals surface area (Å²) in [7, 11) is 1.48. The molecule has 0 aliphatic carbocycles. The molecule has 0 radical (unpaired) electrons. The molecule has 7 nitrogen and oxygen atoms in total. The molecule has 0 saturated heterocycles. The van der Waals surface area contributed by atoms with Crippen molar-refractivity contribution in [3.05, 3.63) is 36.3 Å². The van der Waals surface area contributed by atoms with Crippen LogP contribution in [0.1, 0.15) is 13.8 Å². The summed E-state index contributed by atoms with van der Waals surface area (Å²) in [4.78, 5) is 17.8. The first-order valence-corrected chi connectivity index (χ1v) is 6.74. The highest BCUT2D eigenvalue weighted by Crippen LogP contribution is 2.36. The summed E-state index contributed by atoms with van der Waals surface area (Å²) < 4.78 is 10.9. The number of fused-ring (bicyclic) bond motifs is 1. The molecule has 2 rings (SSSR count). The maximum Gasteiger partial charge on any atom is 0.362 e. The smallest absolute Gasteiger partial charge is 0.362 e. The third kappa shape index (κ3) is 2.49. The van der Waals surface area contributed by atoms with E-state index < -0.39 is 17.7 Å². The van der Waals surface area contributed by atoms with Crippen LogP contribution in [-0.4, -0.2) is 46.8 Å². The van der Waals surface area contributed by atoms with Crippen LogP contribution in [0.15, 0.2) is 41.3 Å². The topological polar surface area (TPSA) is 95.2 Å². The van der Waals surface area contributed by atoms with Crippen LogP contribution in [0.3, 0.4) is 0 Å². The highest BCUT2D eigenvalue weighted by Gasteiger charge is 2.56. The van der Waals surface area contributed by atoms with Crippen LogP contribution in [0, 0.1) is 11.3 Å². The van der Waals surface area contributed by atoms with E-state index >= 15 is 0 Å². The van der Waals surface area contributed by atoms with E-state index in [9.17, 15) is 9.90 Å². The summed E-state index contributed by atoms with van der Waals surface area (Å²) in [5, 5.41) is 18.5. The highest BCUT2D eigenvalue weighted by molar-refractivity contribution is 6.03. The van der Waals surface area contributed by atoms with E-state index in [2.05, 4.69) is 4.99 Å². The Kier molecular flexibility index (Phi) is 4.33. The highest BCUT2D eigenvalue weighted by atomic mass is 16.6. The summed E-state index contributed by atoms with van der Waals surface area (Å²) in [6.07, 6.45) is 7.42. The van der Waals surface area contributed by atoms with Gasteiger partial charge in [-0.1, -0.05) is 0 Å². The first-order valence-electron chi connectivity index (χ1n) is 6.74. The van der Waals surface area contributed by atoms with Crippen LogP contribution in [0.25, 0.3) is 0 Å². The lowest BCUT2D eigenvalue weighted by Gasteiger charge is -2.32. The number of methoxy groups -OCH3 is 1. The summed E-state index contributed by atoms with van der Waals surface area (Å²) in [5.41, 5.74) is -1.83. The van der Waals surface area contributed by atoms with E-state index in [4.69, 9.17) is 14.7 Å². The molecule has 2 heterocycles. The van der Waals surface area contributed by atoms with E-state index in [1.807, 2.05) is 6.07 Å². The molecule has 0 amide bonds. The van der Waals surface area contributed by atoms with E-state index in [1.165, 1.54) is 19.3 Å². The number of ether oxygens (including phenoxy) is 2. The second-order valence-corrected chi connectivity index (χ2v) is 5.02. The first-order chi connectivity index (χ1) is 10.5. The van der Waals surface area contributed by atoms with Gasteiger partial charge in [-0.3, -0.25) is 0 Å². The maximum atomic E-state index is 11.9. The van der Waals surface area contributed by atoms with Crippen LogP contribution in [0.4, 0.5) is 0 Å². The average Bonchev–Trinajstić information content (AvgIpc) is 2.78. The van der Waals surface area contributed by atoms with Crippen molar-refractivity contribution < 1.29 is 19.4 Å². The summed E-state index contributed by atoms with van der Waals surface area (Å²) >= 11 is 0. The zero-order valence-electron chi connectivity index (χ0n) is 12.6. The van der Waals surface area contributed by atoms with Gasteiger partial charge in [-0.2, -0.15) is 5.26 Å². The number of amidine groups is 1. The average molecular weight is 303 g/mol. The van der Waals surface area contributed by atoms with Gasteiger partial charge in [0.1, 0.15) is 6.04 Å². The van der Waals surface area contributed by atoms with Crippen molar-refractivity contribution in [1.29, 1.82) is 5.26 Å². The maximum absolute atomic E-state index is 11.9. The first kappa shape index (κ1) is 15.8. The Morgan fingerprint density at radius 1 is 1.64 bits per heavy atom. The number of aliphatic imine (C=N–C) groups is 1. The molecular formula is C15H17N3O4. The molecular weight excluding hydrogens is 286 g/mol. The van der Waals surface area contributed by atoms with Crippen LogP contribution in [0.2, 0.25) is 0 Å². The van der Waals surface area contributed by atoms with Crippen molar-refractivity contribution >= 4 is 11.8 Å². The zero-order valence-corrected chi connectivity index (χ0v) is 12.6. The lowest BCUT2D eigenvalue weighted by Crippen LogP contribution is -2.52. The molecule has 2 aliphatic rings. The van der Waals surface area contributed by atoms with Gasteiger partial charge in [-0.25, -0.2) is 9.79 Å². The molecule has 7 heteroatoms. The van der Waals surface area contributed by atoms with Crippen LogP contribution in [-0.2, 0) is 14.3 Å². The van der Waals surface area contributed by atoms with Gasteiger partial charge in [0.25, 0.3) is 5.72 Å². The monoisotopic (exact) mass is 303 g/mol. The molecule has 2 atom stereocenters. The lowest BCUT2D eigenvalue weighted by atomic mass is 10.0. The molecule has 0 aromatic carbocycles. The van der Waals surface area contributed by atoms with Gasteiger partial charge in [0.2, 0.25) is 0 Å². The van der Waals surface area contributed by atoms with Gasteiger partial charge >= 0.3 is 5.97 Å². The molecule has 2 aliphatic heterocycles. The number of rotatable bonds is 5. The Bertz CT molecular complexity index is 627. The fraction of sp³-hybridized carbons (Fsp3) is 0.400. The van der Waals surface area contributed by atoms with E-state index in [1.54, 1.807) is 37.1 Å². The number of aliphatic carboxylic acids is 1. The summed E-state index contributed by atoms with van der Waals surface area (Å²) in [6, 6.07) is 1.09. The van der Waals surface area contributed by atoms with Crippen LogP contribution in [0.5, 0.6) is 0 Å². The quantitative estimate of drug-likeness (QED) is 0.772. The fourth-order valence-corrected chi connectivity index (χ4v) is 2.44. The van der Waals surface area contributed by atoms with Gasteiger partial charge < -0.3 is 19.5 Å². The van der Waals surface area contributed by atoms with E-state index in [-0.39, 0.29) is 6.10 Å². The second kappa shape index (κ2) is 6.03. The number of hydrogen-bond donors (Lipinski definition) is 1. The molecule has 0 saturated carbocycles. The Morgan fingerprint density at radius 2 is 2.36 bits per heavy atom. The Balaban J connectivity index is 2.57. The predicted molar refractivity (Wildman–Crippen MR) is 78.6 cm³/mol. The number of carboxylic acid groups (broad SMARTS) is 1. The van der Waals surface area contributed by atoms with Crippen molar-refractivity contribution in [3.8, 4) is 6.07 Å². The number of carbonyl (C=O) groups is 1. The minimum absolute atomic E-state index is 0.362. The van der Waals surface area contributed by atoms with Crippen molar-refractivity contribution in [3.63, 3.8) is 0 Å². The molecule has 116 valence electrons. The standard InChI is InChI=1S/C15H17N3O4/c1-10(2)22-15(14(19)20)12(7-4-8-16)18-9-5-6-11(21-3)13(18)17-15/h4-7,9-10,12H,1-3H3,(H,19,20). The summed E-state index contributed by atoms with van der Waals surface area (Å²) in [5.74, 6) is -0.423. The number of nitrogens with zero attached hydrogens (tertiary/aromatic N) is 3. The molecule has 0 aromatic heterocycles.